The quantitative estimate of drug-likeness (QED) is 0.667. The van der Waals surface area contributed by atoms with Gasteiger partial charge < -0.3 is 5.32 Å². The first-order valence-electron chi connectivity index (χ1n) is 8.31. The second kappa shape index (κ2) is 5.81. The third-order valence-electron chi connectivity index (χ3n) is 5.05. The van der Waals surface area contributed by atoms with Crippen LogP contribution >= 0.6 is 27.5 Å². The van der Waals surface area contributed by atoms with Gasteiger partial charge >= 0.3 is 0 Å². The summed E-state index contributed by atoms with van der Waals surface area (Å²) >= 11 is 9.52. The molecule has 5 rings (SSSR count). The Morgan fingerprint density at radius 3 is 3.08 bits per heavy atom. The minimum absolute atomic E-state index is 0.204. The first kappa shape index (κ1) is 15.3. The van der Waals surface area contributed by atoms with Gasteiger partial charge in [-0.05, 0) is 69.9 Å². The Hall–Kier alpha value is -1.92. The predicted molar refractivity (Wildman–Crippen MR) is 102 cm³/mol. The average Bonchev–Trinajstić information content (AvgIpc) is 3.16. The number of aromatic nitrogens is 4. The topological polar surface area (TPSA) is 55.1 Å². The number of nitrogens with one attached hydrogen (secondary N) is 1. The van der Waals surface area contributed by atoms with E-state index in [1.807, 2.05) is 0 Å². The van der Waals surface area contributed by atoms with Crippen LogP contribution in [-0.4, -0.2) is 25.6 Å². The van der Waals surface area contributed by atoms with Crippen molar-refractivity contribution in [3.05, 3.63) is 57.0 Å². The summed E-state index contributed by atoms with van der Waals surface area (Å²) in [6.07, 6.45) is 6.02. The van der Waals surface area contributed by atoms with Crippen LogP contribution in [0.25, 0.3) is 11.2 Å². The van der Waals surface area contributed by atoms with E-state index >= 15 is 0 Å². The average molecular weight is 417 g/mol. The van der Waals surface area contributed by atoms with Gasteiger partial charge in [-0.1, -0.05) is 29.8 Å². The number of allylic oxidation sites excluding steroid dienone is 1. The van der Waals surface area contributed by atoms with Crippen molar-refractivity contribution in [1.82, 2.24) is 19.6 Å². The highest BCUT2D eigenvalue weighted by Crippen LogP contribution is 2.42. The Bertz CT molecular complexity index is 1030. The largest absolute Gasteiger partial charge is 0.364 e. The van der Waals surface area contributed by atoms with Crippen LogP contribution in [0.15, 0.2) is 40.6 Å². The molecule has 0 saturated heterocycles. The summed E-state index contributed by atoms with van der Waals surface area (Å²) in [5.41, 5.74) is 6.65. The molecule has 0 unspecified atom stereocenters. The van der Waals surface area contributed by atoms with E-state index in [1.54, 1.807) is 16.3 Å². The number of anilines is 1. The van der Waals surface area contributed by atoms with Gasteiger partial charge in [0, 0.05) is 6.04 Å². The molecule has 0 saturated carbocycles. The van der Waals surface area contributed by atoms with Gasteiger partial charge in [0.25, 0.3) is 0 Å². The number of halogens is 2. The Balaban J connectivity index is 1.45. The van der Waals surface area contributed by atoms with Crippen LogP contribution in [0, 0.1) is 0 Å². The lowest BCUT2D eigenvalue weighted by molar-refractivity contribution is 0.632. The molecule has 2 aromatic heterocycles. The number of imidazole rings is 1. The van der Waals surface area contributed by atoms with Crippen molar-refractivity contribution >= 4 is 44.6 Å². The standard InChI is InChI=1S/C18H15BrClN5/c19-15-9-21-17-16(23-18(20)24-25(15)17)22-12-6-5-11-7-10-3-1-2-4-13(10)14(11)8-12/h1-4,9,12H,5-8H2,(H,22,23,24)/t12-/m1/s1. The van der Waals surface area contributed by atoms with Gasteiger partial charge in [0.2, 0.25) is 5.28 Å². The van der Waals surface area contributed by atoms with E-state index in [2.05, 4.69) is 60.6 Å². The third-order valence-corrected chi connectivity index (χ3v) is 5.75. The van der Waals surface area contributed by atoms with E-state index < -0.39 is 0 Å². The molecule has 7 heteroatoms. The zero-order valence-corrected chi connectivity index (χ0v) is 15.7. The predicted octanol–water partition coefficient (Wildman–Crippen LogP) is 4.51. The first-order valence-corrected chi connectivity index (χ1v) is 9.48. The fourth-order valence-corrected chi connectivity index (χ4v) is 4.44. The smallest absolute Gasteiger partial charge is 0.243 e. The maximum absolute atomic E-state index is 6.09. The van der Waals surface area contributed by atoms with Crippen molar-refractivity contribution in [2.75, 3.05) is 5.32 Å². The summed E-state index contributed by atoms with van der Waals surface area (Å²) in [7, 11) is 0. The lowest BCUT2D eigenvalue weighted by Crippen LogP contribution is -2.24. The van der Waals surface area contributed by atoms with Crippen LogP contribution in [0.4, 0.5) is 5.82 Å². The van der Waals surface area contributed by atoms with Gasteiger partial charge in [0.05, 0.1) is 6.20 Å². The zero-order valence-electron chi connectivity index (χ0n) is 13.3. The van der Waals surface area contributed by atoms with Crippen molar-refractivity contribution in [2.24, 2.45) is 0 Å². The van der Waals surface area contributed by atoms with Gasteiger partial charge in [-0.2, -0.15) is 4.98 Å². The Labute approximate surface area is 158 Å². The molecular formula is C18H15BrClN5. The fraction of sp³-hybridized carbons (Fsp3) is 0.278. The first-order chi connectivity index (χ1) is 12.2. The molecule has 2 aliphatic carbocycles. The van der Waals surface area contributed by atoms with E-state index in [4.69, 9.17) is 11.6 Å². The van der Waals surface area contributed by atoms with Gasteiger partial charge in [-0.15, -0.1) is 5.10 Å². The van der Waals surface area contributed by atoms with Gasteiger partial charge in [0.15, 0.2) is 11.5 Å². The van der Waals surface area contributed by atoms with E-state index in [1.165, 1.54) is 16.7 Å². The summed E-state index contributed by atoms with van der Waals surface area (Å²) in [6, 6.07) is 9.05. The lowest BCUT2D eigenvalue weighted by Gasteiger charge is -2.26. The van der Waals surface area contributed by atoms with Crippen LogP contribution in [0.2, 0.25) is 5.28 Å². The van der Waals surface area contributed by atoms with Crippen LogP contribution in [0.1, 0.15) is 30.4 Å². The number of nitrogens with zero attached hydrogens (tertiary/aromatic N) is 4. The van der Waals surface area contributed by atoms with Crippen LogP contribution in [0.5, 0.6) is 0 Å². The van der Waals surface area contributed by atoms with Crippen molar-refractivity contribution in [1.29, 1.82) is 0 Å². The lowest BCUT2D eigenvalue weighted by atomic mass is 9.88. The molecule has 0 aliphatic heterocycles. The van der Waals surface area contributed by atoms with Crippen molar-refractivity contribution in [3.63, 3.8) is 0 Å². The maximum atomic E-state index is 6.09. The summed E-state index contributed by atoms with van der Waals surface area (Å²) in [6.45, 7) is 0. The molecule has 126 valence electrons. The van der Waals surface area contributed by atoms with Crippen LogP contribution in [-0.2, 0) is 6.42 Å². The molecule has 5 nitrogen and oxygen atoms in total. The molecule has 0 amide bonds. The molecule has 25 heavy (non-hydrogen) atoms. The summed E-state index contributed by atoms with van der Waals surface area (Å²) in [4.78, 5) is 8.75. The van der Waals surface area contributed by atoms with Crippen LogP contribution in [0.3, 0.4) is 0 Å². The molecule has 0 fully saturated rings. The Morgan fingerprint density at radius 2 is 2.16 bits per heavy atom. The second-order valence-corrected chi connectivity index (χ2v) is 7.70. The highest BCUT2D eigenvalue weighted by molar-refractivity contribution is 9.10. The molecule has 0 spiro atoms. The van der Waals surface area contributed by atoms with Gasteiger partial charge in [-0.3, -0.25) is 0 Å². The molecule has 1 atom stereocenters. The van der Waals surface area contributed by atoms with Crippen molar-refractivity contribution in [3.8, 4) is 0 Å². The SMILES string of the molecule is Clc1nc(N[C@@H]2CCC3=C(C2)c2ccccc2C3)c2ncc(Br)n2n1. The molecular weight excluding hydrogens is 402 g/mol. The monoisotopic (exact) mass is 415 g/mol. The molecule has 1 aromatic carbocycles. The highest BCUT2D eigenvalue weighted by atomic mass is 79.9. The summed E-state index contributed by atoms with van der Waals surface area (Å²) in [5.74, 6) is 0.686. The van der Waals surface area contributed by atoms with Crippen molar-refractivity contribution < 1.29 is 0 Å². The van der Waals surface area contributed by atoms with Crippen LogP contribution < -0.4 is 5.32 Å². The van der Waals surface area contributed by atoms with Crippen molar-refractivity contribution in [2.45, 2.75) is 31.7 Å². The number of hydrogen-bond donors (Lipinski definition) is 1. The molecule has 2 aliphatic rings. The minimum Gasteiger partial charge on any atom is -0.364 e. The zero-order chi connectivity index (χ0) is 17.0. The molecule has 3 aromatic rings. The summed E-state index contributed by atoms with van der Waals surface area (Å²) < 4.78 is 2.42. The summed E-state index contributed by atoms with van der Waals surface area (Å²) in [5, 5.41) is 7.94. The van der Waals surface area contributed by atoms with E-state index in [0.29, 0.717) is 17.5 Å². The molecule has 1 N–H and O–H groups in total. The third kappa shape index (κ3) is 2.55. The normalized spacial score (nSPS) is 19.2. The molecule has 0 bridgehead atoms. The molecule has 0 radical (unpaired) electrons. The fourth-order valence-electron chi connectivity index (χ4n) is 3.93. The van der Waals surface area contributed by atoms with E-state index in [9.17, 15) is 0 Å². The van der Waals surface area contributed by atoms with E-state index in [-0.39, 0.29) is 5.28 Å². The number of fused-ring (bicyclic) bond motifs is 3. The highest BCUT2D eigenvalue weighted by Gasteiger charge is 2.28. The van der Waals surface area contributed by atoms with E-state index in [0.717, 1.165) is 30.3 Å². The van der Waals surface area contributed by atoms with Gasteiger partial charge in [-0.25, -0.2) is 9.50 Å². The minimum atomic E-state index is 0.204. The number of hydrogen-bond acceptors (Lipinski definition) is 4. The number of benzene rings is 1. The molecule has 2 heterocycles. The Kier molecular flexibility index (Phi) is 3.57. The second-order valence-electron chi connectivity index (χ2n) is 6.55. The number of rotatable bonds is 2. The maximum Gasteiger partial charge on any atom is 0.243 e. The Morgan fingerprint density at radius 1 is 1.28 bits per heavy atom. The van der Waals surface area contributed by atoms with Gasteiger partial charge in [0.1, 0.15) is 4.60 Å².